The molecular formula is C14H14ClN5O. The number of fused-ring (bicyclic) bond motifs is 1. The Morgan fingerprint density at radius 2 is 2.14 bits per heavy atom. The number of nitrogens with one attached hydrogen (secondary N) is 2. The van der Waals surface area contributed by atoms with Crippen molar-refractivity contribution in [2.24, 2.45) is 5.84 Å². The average molecular weight is 304 g/mol. The van der Waals surface area contributed by atoms with Crippen LogP contribution < -0.4 is 21.5 Å². The second kappa shape index (κ2) is 5.59. The molecule has 0 saturated carbocycles. The van der Waals surface area contributed by atoms with Crippen LogP contribution in [0.1, 0.15) is 5.69 Å². The first-order valence-corrected chi connectivity index (χ1v) is 6.81. The number of hydrazine groups is 1. The number of hydrogen-bond donors (Lipinski definition) is 3. The van der Waals surface area contributed by atoms with Crippen LogP contribution in [0.25, 0.3) is 0 Å². The standard InChI is InChI=1S/C14H14ClN5O/c15-9-5-6-13(19-16)17-11(9)7-20-8-14(21)18-10-3-1-2-4-12(10)20/h1-6H,7-8,16H2,(H,17,19)(H,18,21). The number of hydrogen-bond acceptors (Lipinski definition) is 5. The van der Waals surface area contributed by atoms with E-state index in [1.54, 1.807) is 12.1 Å². The quantitative estimate of drug-likeness (QED) is 0.596. The molecule has 6 nitrogen and oxygen atoms in total. The monoisotopic (exact) mass is 303 g/mol. The van der Waals surface area contributed by atoms with Gasteiger partial charge in [-0.25, -0.2) is 10.8 Å². The Hall–Kier alpha value is -2.31. The number of para-hydroxylation sites is 2. The highest BCUT2D eigenvalue weighted by Gasteiger charge is 2.22. The summed E-state index contributed by atoms with van der Waals surface area (Å²) in [5.74, 6) is 5.84. The van der Waals surface area contributed by atoms with Crippen molar-refractivity contribution in [2.45, 2.75) is 6.54 Å². The van der Waals surface area contributed by atoms with Gasteiger partial charge >= 0.3 is 0 Å². The summed E-state index contributed by atoms with van der Waals surface area (Å²) >= 11 is 6.18. The Morgan fingerprint density at radius 3 is 2.95 bits per heavy atom. The minimum atomic E-state index is -0.0575. The van der Waals surface area contributed by atoms with E-state index >= 15 is 0 Å². The van der Waals surface area contributed by atoms with Gasteiger partial charge in [0.2, 0.25) is 5.91 Å². The van der Waals surface area contributed by atoms with Crippen LogP contribution in [0.5, 0.6) is 0 Å². The maximum absolute atomic E-state index is 11.8. The highest BCUT2D eigenvalue weighted by Crippen LogP contribution is 2.30. The van der Waals surface area contributed by atoms with E-state index in [-0.39, 0.29) is 12.5 Å². The highest BCUT2D eigenvalue weighted by molar-refractivity contribution is 6.31. The third kappa shape index (κ3) is 2.76. The number of nitrogens with two attached hydrogens (primary N) is 1. The number of benzene rings is 1. The fourth-order valence-corrected chi connectivity index (χ4v) is 2.47. The van der Waals surface area contributed by atoms with Crippen molar-refractivity contribution >= 4 is 34.7 Å². The first-order valence-electron chi connectivity index (χ1n) is 6.43. The number of halogens is 1. The highest BCUT2D eigenvalue weighted by atomic mass is 35.5. The summed E-state index contributed by atoms with van der Waals surface area (Å²) in [5.41, 5.74) is 4.89. The lowest BCUT2D eigenvalue weighted by Crippen LogP contribution is -2.38. The summed E-state index contributed by atoms with van der Waals surface area (Å²) in [7, 11) is 0. The molecule has 0 aliphatic carbocycles. The Labute approximate surface area is 126 Å². The number of nitrogen functional groups attached to an aromatic ring is 1. The molecule has 0 atom stereocenters. The van der Waals surface area contributed by atoms with E-state index in [0.29, 0.717) is 23.1 Å². The molecule has 7 heteroatoms. The van der Waals surface area contributed by atoms with Crippen LogP contribution in [0.3, 0.4) is 0 Å². The SMILES string of the molecule is NNc1ccc(Cl)c(CN2CC(=O)Nc3ccccc32)n1. The Morgan fingerprint density at radius 1 is 1.33 bits per heavy atom. The van der Waals surface area contributed by atoms with Gasteiger partial charge in [-0.15, -0.1) is 0 Å². The molecular weight excluding hydrogens is 290 g/mol. The molecule has 21 heavy (non-hydrogen) atoms. The molecule has 1 aromatic heterocycles. The number of aromatic nitrogens is 1. The lowest BCUT2D eigenvalue weighted by Gasteiger charge is -2.30. The zero-order valence-corrected chi connectivity index (χ0v) is 11.9. The summed E-state index contributed by atoms with van der Waals surface area (Å²) in [6, 6.07) is 11.1. The van der Waals surface area contributed by atoms with Gasteiger partial charge in [0.1, 0.15) is 5.82 Å². The van der Waals surface area contributed by atoms with Crippen LogP contribution in [0.2, 0.25) is 5.02 Å². The van der Waals surface area contributed by atoms with Crippen LogP contribution in [-0.2, 0) is 11.3 Å². The van der Waals surface area contributed by atoms with Crippen LogP contribution in [-0.4, -0.2) is 17.4 Å². The molecule has 1 aromatic carbocycles. The zero-order valence-electron chi connectivity index (χ0n) is 11.1. The smallest absolute Gasteiger partial charge is 0.243 e. The van der Waals surface area contributed by atoms with Crippen molar-refractivity contribution < 1.29 is 4.79 Å². The van der Waals surface area contributed by atoms with Gasteiger partial charge < -0.3 is 15.6 Å². The summed E-state index contributed by atoms with van der Waals surface area (Å²) < 4.78 is 0. The maximum atomic E-state index is 11.8. The van der Waals surface area contributed by atoms with Crippen molar-refractivity contribution in [2.75, 3.05) is 22.2 Å². The summed E-state index contributed by atoms with van der Waals surface area (Å²) in [5, 5.41) is 3.39. The molecule has 0 unspecified atom stereocenters. The number of anilines is 3. The molecule has 0 saturated heterocycles. The van der Waals surface area contributed by atoms with Crippen LogP contribution in [0, 0.1) is 0 Å². The molecule has 1 aliphatic heterocycles. The van der Waals surface area contributed by atoms with Gasteiger partial charge in [0, 0.05) is 0 Å². The topological polar surface area (TPSA) is 83.3 Å². The normalized spacial score (nSPS) is 13.6. The van der Waals surface area contributed by atoms with Gasteiger partial charge in [-0.2, -0.15) is 0 Å². The molecule has 3 rings (SSSR count). The molecule has 0 bridgehead atoms. The van der Waals surface area contributed by atoms with Gasteiger partial charge in [0.25, 0.3) is 0 Å². The van der Waals surface area contributed by atoms with E-state index in [1.807, 2.05) is 29.2 Å². The van der Waals surface area contributed by atoms with E-state index in [9.17, 15) is 4.79 Å². The summed E-state index contributed by atoms with van der Waals surface area (Å²) in [4.78, 5) is 18.1. The van der Waals surface area contributed by atoms with Crippen LogP contribution in [0.4, 0.5) is 17.2 Å². The molecule has 1 aliphatic rings. The number of rotatable bonds is 3. The zero-order chi connectivity index (χ0) is 14.8. The van der Waals surface area contributed by atoms with Gasteiger partial charge in [-0.1, -0.05) is 23.7 Å². The fourth-order valence-electron chi connectivity index (χ4n) is 2.30. The molecule has 0 spiro atoms. The molecule has 2 aromatic rings. The first kappa shape index (κ1) is 13.7. The van der Waals surface area contributed by atoms with Crippen molar-refractivity contribution in [1.82, 2.24) is 4.98 Å². The Kier molecular flexibility index (Phi) is 3.64. The van der Waals surface area contributed by atoms with Gasteiger partial charge in [0.15, 0.2) is 0 Å². The van der Waals surface area contributed by atoms with Crippen molar-refractivity contribution in [3.8, 4) is 0 Å². The van der Waals surface area contributed by atoms with Gasteiger partial charge in [-0.3, -0.25) is 4.79 Å². The predicted octanol–water partition coefficient (Wildman–Crippen LogP) is 1.98. The minimum Gasteiger partial charge on any atom is -0.355 e. The number of amides is 1. The largest absolute Gasteiger partial charge is 0.355 e. The fraction of sp³-hybridized carbons (Fsp3) is 0.143. The number of nitrogens with zero attached hydrogens (tertiary/aromatic N) is 2. The van der Waals surface area contributed by atoms with E-state index < -0.39 is 0 Å². The molecule has 0 radical (unpaired) electrons. The second-order valence-corrected chi connectivity index (χ2v) is 5.10. The lowest BCUT2D eigenvalue weighted by atomic mass is 10.2. The third-order valence-corrected chi connectivity index (χ3v) is 3.60. The average Bonchev–Trinajstić information content (AvgIpc) is 2.49. The molecule has 1 amide bonds. The summed E-state index contributed by atoms with van der Waals surface area (Å²) in [6.07, 6.45) is 0. The molecule has 108 valence electrons. The van der Waals surface area contributed by atoms with Crippen LogP contribution in [0.15, 0.2) is 36.4 Å². The Balaban J connectivity index is 1.93. The number of carbonyl (C=O) groups excluding carboxylic acids is 1. The Bertz CT molecular complexity index is 691. The van der Waals surface area contributed by atoms with Crippen molar-refractivity contribution in [3.63, 3.8) is 0 Å². The lowest BCUT2D eigenvalue weighted by molar-refractivity contribution is -0.115. The van der Waals surface area contributed by atoms with Crippen molar-refractivity contribution in [1.29, 1.82) is 0 Å². The van der Waals surface area contributed by atoms with E-state index in [2.05, 4.69) is 15.7 Å². The minimum absolute atomic E-state index is 0.0575. The predicted molar refractivity (Wildman–Crippen MR) is 83.2 cm³/mol. The molecule has 2 heterocycles. The third-order valence-electron chi connectivity index (χ3n) is 3.26. The van der Waals surface area contributed by atoms with E-state index in [0.717, 1.165) is 11.4 Å². The maximum Gasteiger partial charge on any atom is 0.243 e. The molecule has 4 N–H and O–H groups in total. The van der Waals surface area contributed by atoms with Gasteiger partial charge in [0.05, 0.1) is 35.2 Å². The van der Waals surface area contributed by atoms with E-state index in [1.165, 1.54) is 0 Å². The number of pyridine rings is 1. The van der Waals surface area contributed by atoms with Gasteiger partial charge in [-0.05, 0) is 24.3 Å². The van der Waals surface area contributed by atoms with Crippen molar-refractivity contribution in [3.05, 3.63) is 47.1 Å². The number of carbonyl (C=O) groups is 1. The second-order valence-electron chi connectivity index (χ2n) is 4.69. The van der Waals surface area contributed by atoms with Crippen LogP contribution >= 0.6 is 11.6 Å². The molecule has 0 fully saturated rings. The summed E-state index contributed by atoms with van der Waals surface area (Å²) in [6.45, 7) is 0.689. The first-order chi connectivity index (χ1) is 10.2. The van der Waals surface area contributed by atoms with E-state index in [4.69, 9.17) is 17.4 Å².